The van der Waals surface area contributed by atoms with Crippen molar-refractivity contribution in [2.24, 2.45) is 0 Å². The maximum absolute atomic E-state index is 12.0. The Bertz CT molecular complexity index is 585. The van der Waals surface area contributed by atoms with E-state index in [4.69, 9.17) is 9.47 Å². The summed E-state index contributed by atoms with van der Waals surface area (Å²) >= 11 is 0. The van der Waals surface area contributed by atoms with Gasteiger partial charge >= 0.3 is 5.97 Å². The van der Waals surface area contributed by atoms with Crippen molar-refractivity contribution in [3.63, 3.8) is 0 Å². The fourth-order valence-electron chi connectivity index (χ4n) is 1.76. The number of hydrogen-bond acceptors (Lipinski definition) is 3. The van der Waals surface area contributed by atoms with Gasteiger partial charge in [-0.15, -0.1) is 0 Å². The Morgan fingerprint density at radius 3 is 2.14 bits per heavy atom. The minimum absolute atomic E-state index is 0.162. The highest BCUT2D eigenvalue weighted by molar-refractivity contribution is 5.91. The smallest absolute Gasteiger partial charge is 0.343 e. The molecule has 0 spiro atoms. The molecule has 0 heterocycles. The summed E-state index contributed by atoms with van der Waals surface area (Å²) < 4.78 is 11.0. The molecule has 0 bridgehead atoms. The molecule has 3 heteroatoms. The number of benzene rings is 2. The van der Waals surface area contributed by atoms with Gasteiger partial charge in [-0.25, -0.2) is 4.79 Å². The molecular formula is C18H20O3. The zero-order valence-electron chi connectivity index (χ0n) is 12.6. The van der Waals surface area contributed by atoms with Crippen LogP contribution >= 0.6 is 0 Å². The molecule has 0 saturated carbocycles. The molecule has 1 unspecified atom stereocenters. The monoisotopic (exact) mass is 284 g/mol. The summed E-state index contributed by atoms with van der Waals surface area (Å²) in [4.78, 5) is 12.0. The normalized spacial score (nSPS) is 11.8. The molecule has 21 heavy (non-hydrogen) atoms. The summed E-state index contributed by atoms with van der Waals surface area (Å²) in [6.07, 6.45) is 1.10. The van der Waals surface area contributed by atoms with E-state index in [-0.39, 0.29) is 12.1 Å². The van der Waals surface area contributed by atoms with Gasteiger partial charge in [0, 0.05) is 0 Å². The largest absolute Gasteiger partial charge is 0.491 e. The van der Waals surface area contributed by atoms with Crippen LogP contribution in [0, 0.1) is 6.92 Å². The van der Waals surface area contributed by atoms with Crippen LogP contribution in [0.25, 0.3) is 0 Å². The highest BCUT2D eigenvalue weighted by Gasteiger charge is 2.09. The van der Waals surface area contributed by atoms with Gasteiger partial charge in [-0.2, -0.15) is 0 Å². The summed E-state index contributed by atoms with van der Waals surface area (Å²) in [5.74, 6) is 0.940. The van der Waals surface area contributed by atoms with E-state index in [1.807, 2.05) is 26.0 Å². The average molecular weight is 284 g/mol. The highest BCUT2D eigenvalue weighted by atomic mass is 16.5. The minimum Gasteiger partial charge on any atom is -0.491 e. The summed E-state index contributed by atoms with van der Waals surface area (Å²) in [5.41, 5.74) is 1.63. The predicted octanol–water partition coefficient (Wildman–Crippen LogP) is 4.39. The number of carbonyl (C=O) groups is 1. The number of aryl methyl sites for hydroxylation is 1. The van der Waals surface area contributed by atoms with Crippen molar-refractivity contribution < 1.29 is 14.3 Å². The van der Waals surface area contributed by atoms with Gasteiger partial charge in [0.2, 0.25) is 0 Å². The Morgan fingerprint density at radius 1 is 1.00 bits per heavy atom. The Kier molecular flexibility index (Phi) is 4.99. The quantitative estimate of drug-likeness (QED) is 0.603. The Balaban J connectivity index is 2.01. The molecule has 0 radical (unpaired) electrons. The third kappa shape index (κ3) is 4.35. The van der Waals surface area contributed by atoms with Gasteiger partial charge < -0.3 is 9.47 Å². The summed E-state index contributed by atoms with van der Waals surface area (Å²) in [6, 6.07) is 14.4. The van der Waals surface area contributed by atoms with Crippen molar-refractivity contribution in [3.05, 3.63) is 59.7 Å². The number of ether oxygens (including phenoxy) is 2. The fraction of sp³-hybridized carbons (Fsp3) is 0.278. The van der Waals surface area contributed by atoms with Crippen molar-refractivity contribution in [3.8, 4) is 11.5 Å². The molecule has 0 amide bonds. The molecule has 2 rings (SSSR count). The summed E-state index contributed by atoms with van der Waals surface area (Å²) in [5, 5.41) is 0. The minimum atomic E-state index is -0.367. The van der Waals surface area contributed by atoms with Crippen molar-refractivity contribution >= 4 is 5.97 Å². The van der Waals surface area contributed by atoms with Crippen LogP contribution in [0.4, 0.5) is 0 Å². The van der Waals surface area contributed by atoms with Crippen LogP contribution in [-0.2, 0) is 0 Å². The van der Waals surface area contributed by atoms with Crippen LogP contribution in [0.2, 0.25) is 0 Å². The van der Waals surface area contributed by atoms with E-state index in [0.717, 1.165) is 17.7 Å². The third-order valence-electron chi connectivity index (χ3n) is 3.23. The van der Waals surface area contributed by atoms with Crippen LogP contribution in [0.5, 0.6) is 11.5 Å². The molecule has 0 aromatic heterocycles. The second kappa shape index (κ2) is 6.93. The molecule has 0 N–H and O–H groups in total. The zero-order valence-corrected chi connectivity index (χ0v) is 12.6. The number of esters is 1. The van der Waals surface area contributed by atoms with Gasteiger partial charge in [-0.3, -0.25) is 0 Å². The Hall–Kier alpha value is -2.29. The molecule has 0 aliphatic carbocycles. The molecule has 3 nitrogen and oxygen atoms in total. The lowest BCUT2D eigenvalue weighted by Gasteiger charge is -2.12. The molecule has 0 aliphatic heterocycles. The second-order valence-corrected chi connectivity index (χ2v) is 5.06. The average Bonchev–Trinajstić information content (AvgIpc) is 2.50. The van der Waals surface area contributed by atoms with Crippen LogP contribution in [0.3, 0.4) is 0 Å². The zero-order chi connectivity index (χ0) is 15.2. The first kappa shape index (κ1) is 15.1. The first-order valence-electron chi connectivity index (χ1n) is 7.14. The molecule has 2 aromatic carbocycles. The fourth-order valence-corrected chi connectivity index (χ4v) is 1.76. The van der Waals surface area contributed by atoms with Crippen molar-refractivity contribution in [2.75, 3.05) is 0 Å². The number of hydrogen-bond donors (Lipinski definition) is 0. The second-order valence-electron chi connectivity index (χ2n) is 5.06. The third-order valence-corrected chi connectivity index (χ3v) is 3.23. The van der Waals surface area contributed by atoms with E-state index >= 15 is 0 Å². The molecule has 1 atom stereocenters. The van der Waals surface area contributed by atoms with E-state index in [2.05, 4.69) is 6.92 Å². The van der Waals surface area contributed by atoms with E-state index in [1.54, 1.807) is 36.4 Å². The number of rotatable bonds is 5. The van der Waals surface area contributed by atoms with Crippen LogP contribution in [-0.4, -0.2) is 12.1 Å². The van der Waals surface area contributed by atoms with Gasteiger partial charge in [0.15, 0.2) is 0 Å². The highest BCUT2D eigenvalue weighted by Crippen LogP contribution is 2.17. The molecule has 0 saturated heterocycles. The molecule has 0 fully saturated rings. The van der Waals surface area contributed by atoms with Gasteiger partial charge in [0.05, 0.1) is 11.7 Å². The maximum atomic E-state index is 12.0. The van der Waals surface area contributed by atoms with E-state index < -0.39 is 0 Å². The lowest BCUT2D eigenvalue weighted by molar-refractivity contribution is 0.0734. The summed E-state index contributed by atoms with van der Waals surface area (Å²) in [7, 11) is 0. The van der Waals surface area contributed by atoms with Gasteiger partial charge in [-0.05, 0) is 56.7 Å². The van der Waals surface area contributed by atoms with Crippen molar-refractivity contribution in [1.29, 1.82) is 0 Å². The maximum Gasteiger partial charge on any atom is 0.343 e. The first-order valence-corrected chi connectivity index (χ1v) is 7.14. The van der Waals surface area contributed by atoms with Crippen LogP contribution in [0.1, 0.15) is 36.2 Å². The first-order chi connectivity index (χ1) is 10.1. The van der Waals surface area contributed by atoms with E-state index in [0.29, 0.717) is 11.3 Å². The Labute approximate surface area is 125 Å². The summed E-state index contributed by atoms with van der Waals surface area (Å²) in [6.45, 7) is 6.07. The molecule has 0 aliphatic rings. The topological polar surface area (TPSA) is 35.5 Å². The van der Waals surface area contributed by atoms with E-state index in [1.165, 1.54) is 0 Å². The van der Waals surface area contributed by atoms with Gasteiger partial charge in [0.1, 0.15) is 11.5 Å². The molecular weight excluding hydrogens is 264 g/mol. The molecule has 110 valence electrons. The van der Waals surface area contributed by atoms with Gasteiger partial charge in [0.25, 0.3) is 0 Å². The SMILES string of the molecule is CCC(C)Oc1ccc(C(=O)Oc2ccc(C)cc2)cc1. The van der Waals surface area contributed by atoms with Crippen molar-refractivity contribution in [1.82, 2.24) is 0 Å². The molecule has 2 aromatic rings. The predicted molar refractivity (Wildman–Crippen MR) is 83.0 cm³/mol. The lowest BCUT2D eigenvalue weighted by atomic mass is 10.2. The van der Waals surface area contributed by atoms with Crippen LogP contribution in [0.15, 0.2) is 48.5 Å². The Morgan fingerprint density at radius 2 is 1.57 bits per heavy atom. The van der Waals surface area contributed by atoms with Gasteiger partial charge in [-0.1, -0.05) is 24.6 Å². The van der Waals surface area contributed by atoms with Crippen LogP contribution < -0.4 is 9.47 Å². The van der Waals surface area contributed by atoms with Crippen molar-refractivity contribution in [2.45, 2.75) is 33.3 Å². The number of carbonyl (C=O) groups excluding carboxylic acids is 1. The standard InChI is InChI=1S/C18H20O3/c1-4-14(3)20-16-11-7-15(8-12-16)18(19)21-17-9-5-13(2)6-10-17/h5-12,14H,4H2,1-3H3. The lowest BCUT2D eigenvalue weighted by Crippen LogP contribution is -2.11. The van der Waals surface area contributed by atoms with E-state index in [9.17, 15) is 4.79 Å².